The third kappa shape index (κ3) is 4.48. The minimum absolute atomic E-state index is 0.186. The molecule has 0 bridgehead atoms. The predicted molar refractivity (Wildman–Crippen MR) is 92.6 cm³/mol. The van der Waals surface area contributed by atoms with Gasteiger partial charge in [-0.2, -0.15) is 0 Å². The van der Waals surface area contributed by atoms with Crippen LogP contribution in [0.5, 0.6) is 0 Å². The number of imide groups is 1. The molecule has 23 heavy (non-hydrogen) atoms. The minimum Gasteiger partial charge on any atom is -0.316 e. The van der Waals surface area contributed by atoms with Crippen LogP contribution >= 0.6 is 9.24 Å². The highest BCUT2D eigenvalue weighted by Gasteiger charge is 2.27. The molecule has 3 N–H and O–H groups in total. The van der Waals surface area contributed by atoms with E-state index >= 15 is 0 Å². The summed E-state index contributed by atoms with van der Waals surface area (Å²) in [7, 11) is 2.54. The molecule has 2 atom stereocenters. The predicted octanol–water partition coefficient (Wildman–Crippen LogP) is 1.50. The average Bonchev–Trinajstić information content (AvgIpc) is 2.83. The van der Waals surface area contributed by atoms with Crippen molar-refractivity contribution in [3.8, 4) is 11.8 Å². The van der Waals surface area contributed by atoms with Crippen molar-refractivity contribution >= 4 is 32.5 Å². The molecule has 2 unspecified atom stereocenters. The van der Waals surface area contributed by atoms with Gasteiger partial charge < -0.3 is 5.32 Å². The van der Waals surface area contributed by atoms with Gasteiger partial charge in [-0.15, -0.1) is 0 Å². The number of hydrogen-bond acceptors (Lipinski definition) is 3. The van der Waals surface area contributed by atoms with Crippen LogP contribution < -0.4 is 10.6 Å². The van der Waals surface area contributed by atoms with Gasteiger partial charge in [0, 0.05) is 16.6 Å². The van der Waals surface area contributed by atoms with Crippen molar-refractivity contribution in [2.45, 2.75) is 19.9 Å². The second-order valence-corrected chi connectivity index (χ2v) is 5.87. The summed E-state index contributed by atoms with van der Waals surface area (Å²) in [4.78, 5) is 26.6. The molecule has 1 aromatic carbocycles. The van der Waals surface area contributed by atoms with E-state index in [1.807, 2.05) is 13.8 Å². The number of hydrogen-bond donors (Lipinski definition) is 3. The number of rotatable bonds is 2. The maximum atomic E-state index is 11.4. The zero-order valence-electron chi connectivity index (χ0n) is 12.8. The molecule has 0 saturated carbocycles. The fourth-order valence-corrected chi connectivity index (χ4v) is 1.84. The number of amides is 3. The maximum Gasteiger partial charge on any atom is 0.322 e. The Kier molecular flexibility index (Phi) is 5.25. The Morgan fingerprint density at radius 2 is 1.96 bits per heavy atom. The van der Waals surface area contributed by atoms with Crippen LogP contribution in [0.3, 0.4) is 0 Å². The van der Waals surface area contributed by atoms with Crippen molar-refractivity contribution < 1.29 is 9.59 Å². The largest absolute Gasteiger partial charge is 0.322 e. The lowest BCUT2D eigenvalue weighted by Crippen LogP contribution is -2.26. The van der Waals surface area contributed by atoms with Gasteiger partial charge in [0.25, 0.3) is 5.91 Å². The van der Waals surface area contributed by atoms with E-state index in [2.05, 4.69) is 36.7 Å². The topological polar surface area (TPSA) is 94.4 Å². The maximum absolute atomic E-state index is 11.4. The summed E-state index contributed by atoms with van der Waals surface area (Å²) in [5, 5.41) is 12.5. The lowest BCUT2D eigenvalue weighted by atomic mass is 10.1. The van der Waals surface area contributed by atoms with E-state index in [1.165, 1.54) is 0 Å². The van der Waals surface area contributed by atoms with E-state index in [4.69, 9.17) is 5.41 Å². The highest BCUT2D eigenvalue weighted by Crippen LogP contribution is 2.09. The second kappa shape index (κ2) is 7.17. The number of carbonyl (C=O) groups excluding carboxylic acids is 2. The molecule has 7 heteroatoms. The number of urea groups is 1. The Morgan fingerprint density at radius 3 is 2.48 bits per heavy atom. The molecule has 1 aromatic rings. The standard InChI is InChI=1S/C16H17N4O2P/c1-9(2)15(23)19-13(17)11-6-3-10(4-7-11)5-8-12-14(21)20-16(22)18-12/h3-4,6-7,9,12,17H,23H2,1-2H3,(H2,18,20,21,22). The minimum atomic E-state index is -0.823. The van der Waals surface area contributed by atoms with Gasteiger partial charge in [-0.3, -0.25) is 15.5 Å². The molecule has 0 aromatic heterocycles. The Labute approximate surface area is 136 Å². The van der Waals surface area contributed by atoms with Gasteiger partial charge in [0.15, 0.2) is 11.9 Å². The van der Waals surface area contributed by atoms with Crippen LogP contribution in [0.4, 0.5) is 4.79 Å². The van der Waals surface area contributed by atoms with Crippen LogP contribution in [-0.4, -0.2) is 29.3 Å². The molecule has 1 fully saturated rings. The molecule has 0 spiro atoms. The van der Waals surface area contributed by atoms with Gasteiger partial charge in [0.05, 0.1) is 0 Å². The van der Waals surface area contributed by atoms with Crippen molar-refractivity contribution in [2.75, 3.05) is 0 Å². The van der Waals surface area contributed by atoms with Crippen LogP contribution in [-0.2, 0) is 4.79 Å². The van der Waals surface area contributed by atoms with Crippen LogP contribution in [0.25, 0.3) is 0 Å². The molecular formula is C16H17N4O2P. The zero-order valence-corrected chi connectivity index (χ0v) is 14.0. The Balaban J connectivity index is 2.09. The van der Waals surface area contributed by atoms with Crippen LogP contribution in [0.1, 0.15) is 25.0 Å². The monoisotopic (exact) mass is 328 g/mol. The average molecular weight is 328 g/mol. The molecule has 2 rings (SSSR count). The Hall–Kier alpha value is -2.51. The van der Waals surface area contributed by atoms with Crippen molar-refractivity contribution in [3.05, 3.63) is 35.4 Å². The van der Waals surface area contributed by atoms with E-state index in [0.717, 1.165) is 5.45 Å². The number of nitrogens with zero attached hydrogens (tertiary/aromatic N) is 1. The molecule has 1 heterocycles. The first kappa shape index (κ1) is 16.9. The number of amidine groups is 1. The van der Waals surface area contributed by atoms with E-state index in [0.29, 0.717) is 11.1 Å². The first-order valence-corrected chi connectivity index (χ1v) is 7.60. The van der Waals surface area contributed by atoms with E-state index in [9.17, 15) is 9.59 Å². The summed E-state index contributed by atoms with van der Waals surface area (Å²) in [5.41, 5.74) is 2.19. The summed E-state index contributed by atoms with van der Waals surface area (Å²) in [5.74, 6) is 5.52. The SMILES string of the molecule is CC(C)C(P)=NC(=N)c1ccc(C#CC2NC(=O)NC2=O)cc1. The van der Waals surface area contributed by atoms with Gasteiger partial charge in [-0.05, 0) is 30.2 Å². The van der Waals surface area contributed by atoms with Crippen LogP contribution in [0, 0.1) is 23.2 Å². The van der Waals surface area contributed by atoms with E-state index in [1.54, 1.807) is 24.3 Å². The molecule has 6 nitrogen and oxygen atoms in total. The van der Waals surface area contributed by atoms with Crippen molar-refractivity contribution in [2.24, 2.45) is 10.9 Å². The molecule has 3 amide bonds. The first-order valence-electron chi connectivity index (χ1n) is 7.02. The lowest BCUT2D eigenvalue weighted by molar-refractivity contribution is -0.119. The Bertz CT molecular complexity index is 742. The molecule has 1 aliphatic rings. The first-order chi connectivity index (χ1) is 10.9. The van der Waals surface area contributed by atoms with Crippen molar-refractivity contribution in [1.82, 2.24) is 10.6 Å². The lowest BCUT2D eigenvalue weighted by Gasteiger charge is -2.05. The number of aliphatic imine (C=N–C) groups is 1. The van der Waals surface area contributed by atoms with E-state index in [-0.39, 0.29) is 11.8 Å². The fraction of sp³-hybridized carbons (Fsp3) is 0.250. The number of benzene rings is 1. The summed E-state index contributed by atoms with van der Waals surface area (Å²) in [6, 6.07) is 5.64. The fourth-order valence-electron chi connectivity index (χ4n) is 1.71. The van der Waals surface area contributed by atoms with Gasteiger partial charge in [0.2, 0.25) is 0 Å². The quantitative estimate of drug-likeness (QED) is 0.252. The molecule has 118 valence electrons. The molecule has 1 saturated heterocycles. The summed E-state index contributed by atoms with van der Waals surface area (Å²) < 4.78 is 0. The third-order valence-corrected chi connectivity index (χ3v) is 3.92. The van der Waals surface area contributed by atoms with Crippen molar-refractivity contribution in [1.29, 1.82) is 5.41 Å². The van der Waals surface area contributed by atoms with Gasteiger partial charge in [-0.1, -0.05) is 34.9 Å². The Morgan fingerprint density at radius 1 is 1.30 bits per heavy atom. The molecule has 0 radical (unpaired) electrons. The van der Waals surface area contributed by atoms with E-state index < -0.39 is 18.0 Å². The van der Waals surface area contributed by atoms with Gasteiger partial charge >= 0.3 is 6.03 Å². The summed E-state index contributed by atoms with van der Waals surface area (Å²) >= 11 is 0. The summed E-state index contributed by atoms with van der Waals surface area (Å²) in [6.45, 7) is 4.02. The highest BCUT2D eigenvalue weighted by molar-refractivity contribution is 7.40. The number of nitrogens with one attached hydrogen (secondary N) is 3. The normalized spacial score (nSPS) is 17.4. The van der Waals surface area contributed by atoms with Gasteiger partial charge in [0.1, 0.15) is 0 Å². The zero-order chi connectivity index (χ0) is 17.0. The second-order valence-electron chi connectivity index (χ2n) is 5.28. The third-order valence-electron chi connectivity index (χ3n) is 3.13. The summed E-state index contributed by atoms with van der Waals surface area (Å²) in [6.07, 6.45) is 0. The molecule has 0 aliphatic carbocycles. The van der Waals surface area contributed by atoms with Crippen LogP contribution in [0.15, 0.2) is 29.3 Å². The van der Waals surface area contributed by atoms with Crippen LogP contribution in [0.2, 0.25) is 0 Å². The molecule has 1 aliphatic heterocycles. The smallest absolute Gasteiger partial charge is 0.316 e. The molecular weight excluding hydrogens is 311 g/mol. The van der Waals surface area contributed by atoms with Gasteiger partial charge in [-0.25, -0.2) is 9.79 Å². The number of carbonyl (C=O) groups is 2. The van der Waals surface area contributed by atoms with Crippen molar-refractivity contribution in [3.63, 3.8) is 0 Å². The highest BCUT2D eigenvalue weighted by atomic mass is 31.0.